The van der Waals surface area contributed by atoms with Gasteiger partial charge in [-0.1, -0.05) is 37.3 Å². The minimum atomic E-state index is -0.503. The first-order chi connectivity index (χ1) is 12.1. The van der Waals surface area contributed by atoms with Crippen molar-refractivity contribution in [2.24, 2.45) is 0 Å². The van der Waals surface area contributed by atoms with E-state index in [0.29, 0.717) is 12.2 Å². The van der Waals surface area contributed by atoms with Gasteiger partial charge in [-0.3, -0.25) is 9.78 Å². The van der Waals surface area contributed by atoms with Crippen LogP contribution >= 0.6 is 0 Å². The molecule has 0 N–H and O–H groups in total. The quantitative estimate of drug-likeness (QED) is 0.704. The zero-order valence-electron chi connectivity index (χ0n) is 14.8. The van der Waals surface area contributed by atoms with E-state index in [-0.39, 0.29) is 5.91 Å². The number of hydrogen-bond acceptors (Lipinski definition) is 3. The largest absolute Gasteiger partial charge is 0.480 e. The third-order valence-electron chi connectivity index (χ3n) is 4.22. The van der Waals surface area contributed by atoms with Crippen LogP contribution < -0.4 is 4.74 Å². The molecule has 0 aliphatic carbocycles. The van der Waals surface area contributed by atoms with Crippen molar-refractivity contribution in [3.63, 3.8) is 0 Å². The van der Waals surface area contributed by atoms with E-state index in [4.69, 9.17) is 4.74 Å². The first kappa shape index (κ1) is 17.0. The van der Waals surface area contributed by atoms with Crippen LogP contribution in [0.1, 0.15) is 13.3 Å². The van der Waals surface area contributed by atoms with Crippen molar-refractivity contribution in [1.82, 2.24) is 9.88 Å². The lowest BCUT2D eigenvalue weighted by Gasteiger charge is -2.23. The Kier molecular flexibility index (Phi) is 4.98. The number of rotatable bonds is 5. The van der Waals surface area contributed by atoms with Crippen molar-refractivity contribution in [2.75, 3.05) is 14.1 Å². The van der Waals surface area contributed by atoms with Crippen LogP contribution in [0.15, 0.2) is 60.9 Å². The zero-order valence-corrected chi connectivity index (χ0v) is 14.8. The normalized spacial score (nSPS) is 12.0. The predicted octanol–water partition coefficient (Wildman–Crippen LogP) is 4.15. The molecule has 0 radical (unpaired) electrons. The molecule has 0 spiro atoms. The molecule has 1 unspecified atom stereocenters. The van der Waals surface area contributed by atoms with E-state index in [2.05, 4.69) is 17.1 Å². The summed E-state index contributed by atoms with van der Waals surface area (Å²) >= 11 is 0. The summed E-state index contributed by atoms with van der Waals surface area (Å²) in [6.45, 7) is 1.96. The molecule has 0 aliphatic heterocycles. The van der Waals surface area contributed by atoms with Crippen LogP contribution in [-0.2, 0) is 4.79 Å². The Hall–Kier alpha value is -2.88. The predicted molar refractivity (Wildman–Crippen MR) is 101 cm³/mol. The number of amides is 1. The Labute approximate surface area is 148 Å². The summed E-state index contributed by atoms with van der Waals surface area (Å²) in [4.78, 5) is 18.1. The molecule has 2 aromatic carbocycles. The van der Waals surface area contributed by atoms with E-state index in [9.17, 15) is 4.79 Å². The highest BCUT2D eigenvalue weighted by atomic mass is 16.5. The van der Waals surface area contributed by atoms with E-state index in [1.165, 1.54) is 0 Å². The number of nitrogens with zero attached hydrogens (tertiary/aromatic N) is 2. The van der Waals surface area contributed by atoms with Crippen molar-refractivity contribution in [3.05, 3.63) is 60.9 Å². The smallest absolute Gasteiger partial charge is 0.263 e. The van der Waals surface area contributed by atoms with Gasteiger partial charge in [0.1, 0.15) is 5.75 Å². The molecular weight excluding hydrogens is 312 g/mol. The molecular formula is C21H22N2O2. The average molecular weight is 334 g/mol. The van der Waals surface area contributed by atoms with Crippen molar-refractivity contribution < 1.29 is 9.53 Å². The molecule has 128 valence electrons. The summed E-state index contributed by atoms with van der Waals surface area (Å²) in [6, 6.07) is 16.1. The molecule has 1 atom stereocenters. The fourth-order valence-corrected chi connectivity index (χ4v) is 2.92. The molecule has 3 aromatic rings. The number of likely N-dealkylation sites (N-methyl/N-ethyl adjacent to an activating group) is 1. The molecule has 1 aromatic heterocycles. The maximum absolute atomic E-state index is 12.4. The third-order valence-corrected chi connectivity index (χ3v) is 4.22. The van der Waals surface area contributed by atoms with Gasteiger partial charge in [0.05, 0.1) is 0 Å². The Balaban J connectivity index is 2.13. The Bertz CT molecular complexity index is 875. The van der Waals surface area contributed by atoms with Crippen molar-refractivity contribution in [2.45, 2.75) is 19.4 Å². The SMILES string of the molecule is CCC(Oc1ccc2ccccc2c1-c1ccncc1)C(=O)N(C)C. The van der Waals surface area contributed by atoms with Gasteiger partial charge in [-0.25, -0.2) is 0 Å². The maximum atomic E-state index is 12.4. The number of carbonyl (C=O) groups excluding carboxylic acids is 1. The summed E-state index contributed by atoms with van der Waals surface area (Å²) in [6.07, 6.45) is 3.64. The van der Waals surface area contributed by atoms with E-state index >= 15 is 0 Å². The average Bonchev–Trinajstić information content (AvgIpc) is 2.65. The molecule has 1 heterocycles. The standard InChI is InChI=1S/C21H22N2O2/c1-4-18(21(24)23(2)3)25-19-10-9-15-7-5-6-8-17(15)20(19)16-11-13-22-14-12-16/h5-14,18H,4H2,1-3H3. The topological polar surface area (TPSA) is 42.4 Å². The van der Waals surface area contributed by atoms with Crippen LogP contribution in [-0.4, -0.2) is 36.0 Å². The van der Waals surface area contributed by atoms with Crippen LogP contribution in [0.2, 0.25) is 0 Å². The summed E-state index contributed by atoms with van der Waals surface area (Å²) < 4.78 is 6.17. The van der Waals surface area contributed by atoms with E-state index in [1.54, 1.807) is 31.4 Å². The van der Waals surface area contributed by atoms with Crippen LogP contribution in [0.5, 0.6) is 5.75 Å². The first-order valence-corrected chi connectivity index (χ1v) is 8.41. The lowest BCUT2D eigenvalue weighted by atomic mass is 9.98. The number of pyridine rings is 1. The number of aromatic nitrogens is 1. The molecule has 1 amide bonds. The number of fused-ring (bicyclic) bond motifs is 1. The van der Waals surface area contributed by atoms with Gasteiger partial charge in [0.2, 0.25) is 0 Å². The van der Waals surface area contributed by atoms with E-state index in [1.807, 2.05) is 43.3 Å². The second kappa shape index (κ2) is 7.34. The van der Waals surface area contributed by atoms with Gasteiger partial charge in [-0.05, 0) is 41.0 Å². The van der Waals surface area contributed by atoms with Gasteiger partial charge >= 0.3 is 0 Å². The van der Waals surface area contributed by atoms with Crippen molar-refractivity contribution >= 4 is 16.7 Å². The monoisotopic (exact) mass is 334 g/mol. The lowest BCUT2D eigenvalue weighted by Crippen LogP contribution is -2.37. The van der Waals surface area contributed by atoms with Gasteiger partial charge in [0.15, 0.2) is 6.10 Å². The molecule has 4 heteroatoms. The number of hydrogen-bond donors (Lipinski definition) is 0. The Morgan fingerprint density at radius 2 is 1.80 bits per heavy atom. The highest BCUT2D eigenvalue weighted by molar-refractivity contribution is 5.99. The molecule has 25 heavy (non-hydrogen) atoms. The van der Waals surface area contributed by atoms with Crippen molar-refractivity contribution in [3.8, 4) is 16.9 Å². The fourth-order valence-electron chi connectivity index (χ4n) is 2.92. The number of benzene rings is 2. The van der Waals surface area contributed by atoms with Gasteiger partial charge < -0.3 is 9.64 Å². The van der Waals surface area contributed by atoms with Crippen LogP contribution in [0, 0.1) is 0 Å². The summed E-state index contributed by atoms with van der Waals surface area (Å²) in [7, 11) is 3.50. The maximum Gasteiger partial charge on any atom is 0.263 e. The van der Waals surface area contributed by atoms with Crippen LogP contribution in [0.25, 0.3) is 21.9 Å². The third kappa shape index (κ3) is 3.48. The van der Waals surface area contributed by atoms with Gasteiger partial charge in [-0.2, -0.15) is 0 Å². The van der Waals surface area contributed by atoms with Crippen molar-refractivity contribution in [1.29, 1.82) is 0 Å². The number of carbonyl (C=O) groups is 1. The highest BCUT2D eigenvalue weighted by Crippen LogP contribution is 2.37. The minimum Gasteiger partial charge on any atom is -0.480 e. The lowest BCUT2D eigenvalue weighted by molar-refractivity contribution is -0.136. The second-order valence-corrected chi connectivity index (χ2v) is 6.14. The summed E-state index contributed by atoms with van der Waals surface area (Å²) in [5.41, 5.74) is 2.01. The molecule has 4 nitrogen and oxygen atoms in total. The molecule has 0 saturated carbocycles. The molecule has 0 fully saturated rings. The molecule has 0 aliphatic rings. The van der Waals surface area contributed by atoms with E-state index in [0.717, 1.165) is 21.9 Å². The van der Waals surface area contributed by atoms with Crippen LogP contribution in [0.3, 0.4) is 0 Å². The fraction of sp³-hybridized carbons (Fsp3) is 0.238. The minimum absolute atomic E-state index is 0.0312. The number of ether oxygens (including phenoxy) is 1. The van der Waals surface area contributed by atoms with Gasteiger partial charge in [-0.15, -0.1) is 0 Å². The Morgan fingerprint density at radius 3 is 2.48 bits per heavy atom. The highest BCUT2D eigenvalue weighted by Gasteiger charge is 2.22. The Morgan fingerprint density at radius 1 is 1.08 bits per heavy atom. The molecule has 0 bridgehead atoms. The van der Waals surface area contributed by atoms with Gasteiger partial charge in [0, 0.05) is 32.1 Å². The molecule has 0 saturated heterocycles. The van der Waals surface area contributed by atoms with Gasteiger partial charge in [0.25, 0.3) is 5.91 Å². The zero-order chi connectivity index (χ0) is 17.8. The summed E-state index contributed by atoms with van der Waals surface area (Å²) in [5.74, 6) is 0.684. The molecule has 3 rings (SSSR count). The second-order valence-electron chi connectivity index (χ2n) is 6.14. The summed E-state index contributed by atoms with van der Waals surface area (Å²) in [5, 5.41) is 2.23. The van der Waals surface area contributed by atoms with E-state index < -0.39 is 6.10 Å². The first-order valence-electron chi connectivity index (χ1n) is 8.41. The van der Waals surface area contributed by atoms with Crippen LogP contribution in [0.4, 0.5) is 0 Å².